The van der Waals surface area contributed by atoms with Crippen LogP contribution >= 0.6 is 22.6 Å². The van der Waals surface area contributed by atoms with Crippen LogP contribution in [0, 0.1) is 3.83 Å². The molecule has 0 fully saturated rings. The normalized spacial score (nSPS) is 11.8. The summed E-state index contributed by atoms with van der Waals surface area (Å²) in [4.78, 5) is 3.93. The quantitative estimate of drug-likeness (QED) is 0.778. The highest BCUT2D eigenvalue weighted by molar-refractivity contribution is 14.1. The number of nitrogens with zero attached hydrogens (tertiary/aromatic N) is 3. The number of halogens is 4. The minimum absolute atomic E-state index is 0.411. The van der Waals surface area contributed by atoms with Crippen LogP contribution < -0.4 is 0 Å². The van der Waals surface area contributed by atoms with Crippen LogP contribution in [0.2, 0.25) is 0 Å². The van der Waals surface area contributed by atoms with Gasteiger partial charge in [-0.1, -0.05) is 12.1 Å². The molecule has 0 radical (unpaired) electrons. The van der Waals surface area contributed by atoms with Gasteiger partial charge in [0.05, 0.1) is 12.1 Å². The SMILES string of the molecule is FC(F)(F)c1ccc(Cn2cnc(I)n2)cc1. The summed E-state index contributed by atoms with van der Waals surface area (Å²) in [5.74, 6) is 0. The van der Waals surface area contributed by atoms with Crippen LogP contribution in [0.15, 0.2) is 30.6 Å². The van der Waals surface area contributed by atoms with E-state index in [1.54, 1.807) is 11.0 Å². The van der Waals surface area contributed by atoms with Gasteiger partial charge in [-0.25, -0.2) is 9.67 Å². The molecular weight excluding hydrogens is 346 g/mol. The summed E-state index contributed by atoms with van der Waals surface area (Å²) in [7, 11) is 0. The first-order valence-corrected chi connectivity index (χ1v) is 5.74. The van der Waals surface area contributed by atoms with Crippen LogP contribution in [-0.2, 0) is 12.7 Å². The molecule has 0 aliphatic rings. The highest BCUT2D eigenvalue weighted by Gasteiger charge is 2.29. The highest BCUT2D eigenvalue weighted by Crippen LogP contribution is 2.29. The lowest BCUT2D eigenvalue weighted by molar-refractivity contribution is -0.137. The van der Waals surface area contributed by atoms with Gasteiger partial charge >= 0.3 is 6.18 Å². The van der Waals surface area contributed by atoms with Gasteiger partial charge in [0.2, 0.25) is 3.83 Å². The average Bonchev–Trinajstić information content (AvgIpc) is 2.63. The minimum atomic E-state index is -4.29. The number of rotatable bonds is 2. The number of hydrogen-bond acceptors (Lipinski definition) is 2. The van der Waals surface area contributed by atoms with Crippen molar-refractivity contribution in [3.05, 3.63) is 45.6 Å². The second kappa shape index (κ2) is 4.63. The van der Waals surface area contributed by atoms with Crippen LogP contribution in [0.3, 0.4) is 0 Å². The predicted octanol–water partition coefficient (Wildman–Crippen LogP) is 2.95. The Kier molecular flexibility index (Phi) is 3.36. The van der Waals surface area contributed by atoms with Crippen molar-refractivity contribution >= 4 is 22.6 Å². The number of alkyl halides is 3. The van der Waals surface area contributed by atoms with Gasteiger partial charge in [0.1, 0.15) is 6.33 Å². The van der Waals surface area contributed by atoms with Crippen LogP contribution in [0.1, 0.15) is 11.1 Å². The van der Waals surface area contributed by atoms with E-state index in [9.17, 15) is 13.2 Å². The molecule has 0 atom stereocenters. The summed E-state index contributed by atoms with van der Waals surface area (Å²) in [6, 6.07) is 5.02. The molecule has 0 aliphatic carbocycles. The Balaban J connectivity index is 2.13. The molecular formula is C10H7F3IN3. The lowest BCUT2D eigenvalue weighted by atomic mass is 10.1. The van der Waals surface area contributed by atoms with E-state index in [1.165, 1.54) is 12.1 Å². The first-order valence-electron chi connectivity index (χ1n) is 4.66. The zero-order valence-electron chi connectivity index (χ0n) is 8.45. The predicted molar refractivity (Wildman–Crippen MR) is 63.3 cm³/mol. The Morgan fingerprint density at radius 2 is 1.82 bits per heavy atom. The van der Waals surface area contributed by atoms with Gasteiger partial charge in [0, 0.05) is 22.6 Å². The van der Waals surface area contributed by atoms with E-state index in [4.69, 9.17) is 0 Å². The van der Waals surface area contributed by atoms with Crippen LogP contribution in [0.25, 0.3) is 0 Å². The Bertz CT molecular complexity index is 504. The van der Waals surface area contributed by atoms with E-state index < -0.39 is 11.7 Å². The molecule has 1 aromatic heterocycles. The maximum absolute atomic E-state index is 12.3. The fourth-order valence-corrected chi connectivity index (χ4v) is 1.74. The molecule has 0 N–H and O–H groups in total. The Morgan fingerprint density at radius 3 is 2.29 bits per heavy atom. The number of benzene rings is 1. The monoisotopic (exact) mass is 353 g/mol. The highest BCUT2D eigenvalue weighted by atomic mass is 127. The first kappa shape index (κ1) is 12.3. The van der Waals surface area contributed by atoms with Gasteiger partial charge in [-0.05, 0) is 17.7 Å². The van der Waals surface area contributed by atoms with E-state index in [-0.39, 0.29) is 0 Å². The minimum Gasteiger partial charge on any atom is -0.247 e. The van der Waals surface area contributed by atoms with Crippen molar-refractivity contribution in [1.29, 1.82) is 0 Å². The van der Waals surface area contributed by atoms with Crippen molar-refractivity contribution in [2.24, 2.45) is 0 Å². The molecule has 0 aliphatic heterocycles. The molecule has 0 saturated heterocycles. The van der Waals surface area contributed by atoms with Crippen molar-refractivity contribution in [2.45, 2.75) is 12.7 Å². The average molecular weight is 353 g/mol. The summed E-state index contributed by atoms with van der Waals surface area (Å²) in [6.45, 7) is 0.411. The molecule has 0 unspecified atom stereocenters. The molecule has 1 heterocycles. The molecule has 0 saturated carbocycles. The van der Waals surface area contributed by atoms with Gasteiger partial charge in [0.25, 0.3) is 0 Å². The van der Waals surface area contributed by atoms with Gasteiger partial charge < -0.3 is 0 Å². The third-order valence-corrected chi connectivity index (χ3v) is 2.63. The standard InChI is InChI=1S/C10H7F3IN3/c11-10(12,13)8-3-1-7(2-4-8)5-17-6-15-9(14)16-17/h1-4,6H,5H2. The van der Waals surface area contributed by atoms with E-state index in [0.29, 0.717) is 10.4 Å². The lowest BCUT2D eigenvalue weighted by Crippen LogP contribution is -2.05. The number of aromatic nitrogens is 3. The Hall–Kier alpha value is -1.12. The van der Waals surface area contributed by atoms with E-state index >= 15 is 0 Å². The summed E-state index contributed by atoms with van der Waals surface area (Å²) in [5, 5.41) is 4.05. The van der Waals surface area contributed by atoms with E-state index in [0.717, 1.165) is 17.7 Å². The molecule has 1 aromatic carbocycles. The lowest BCUT2D eigenvalue weighted by Gasteiger charge is -2.07. The second-order valence-electron chi connectivity index (χ2n) is 3.41. The molecule has 0 bridgehead atoms. The molecule has 0 spiro atoms. The van der Waals surface area contributed by atoms with Crippen molar-refractivity contribution in [2.75, 3.05) is 0 Å². The van der Waals surface area contributed by atoms with Gasteiger partial charge in [-0.15, -0.1) is 5.10 Å². The summed E-state index contributed by atoms with van der Waals surface area (Å²) >= 11 is 1.97. The molecule has 90 valence electrons. The molecule has 2 rings (SSSR count). The van der Waals surface area contributed by atoms with Crippen LogP contribution in [0.4, 0.5) is 13.2 Å². The second-order valence-corrected chi connectivity index (χ2v) is 4.37. The third kappa shape index (κ3) is 3.18. The molecule has 2 aromatic rings. The summed E-state index contributed by atoms with van der Waals surface area (Å²) in [6.07, 6.45) is -2.75. The van der Waals surface area contributed by atoms with Crippen molar-refractivity contribution < 1.29 is 13.2 Å². The summed E-state index contributed by atoms with van der Waals surface area (Å²) < 4.78 is 39.1. The van der Waals surface area contributed by atoms with E-state index in [2.05, 4.69) is 10.1 Å². The molecule has 17 heavy (non-hydrogen) atoms. The van der Waals surface area contributed by atoms with Crippen LogP contribution in [0.5, 0.6) is 0 Å². The van der Waals surface area contributed by atoms with Crippen molar-refractivity contribution in [1.82, 2.24) is 14.8 Å². The van der Waals surface area contributed by atoms with Crippen molar-refractivity contribution in [3.8, 4) is 0 Å². The Morgan fingerprint density at radius 1 is 1.18 bits per heavy atom. The van der Waals surface area contributed by atoms with Crippen molar-refractivity contribution in [3.63, 3.8) is 0 Å². The topological polar surface area (TPSA) is 30.7 Å². The Labute approximate surface area is 109 Å². The maximum atomic E-state index is 12.3. The van der Waals surface area contributed by atoms with Gasteiger partial charge in [0.15, 0.2) is 0 Å². The fourth-order valence-electron chi connectivity index (χ4n) is 1.33. The van der Waals surface area contributed by atoms with Gasteiger partial charge in [-0.3, -0.25) is 0 Å². The largest absolute Gasteiger partial charge is 0.416 e. The van der Waals surface area contributed by atoms with Gasteiger partial charge in [-0.2, -0.15) is 13.2 Å². The zero-order valence-corrected chi connectivity index (χ0v) is 10.6. The smallest absolute Gasteiger partial charge is 0.247 e. The fraction of sp³-hybridized carbons (Fsp3) is 0.200. The van der Waals surface area contributed by atoms with Crippen LogP contribution in [-0.4, -0.2) is 14.8 Å². The first-order chi connectivity index (χ1) is 7.95. The van der Waals surface area contributed by atoms with E-state index in [1.807, 2.05) is 22.6 Å². The maximum Gasteiger partial charge on any atom is 0.416 e. The summed E-state index contributed by atoms with van der Waals surface area (Å²) in [5.41, 5.74) is 0.105. The zero-order chi connectivity index (χ0) is 12.5. The molecule has 7 heteroatoms. The molecule has 3 nitrogen and oxygen atoms in total. The number of hydrogen-bond donors (Lipinski definition) is 0. The third-order valence-electron chi connectivity index (χ3n) is 2.13. The molecule has 0 amide bonds.